The Labute approximate surface area is 162 Å². The SMILES string of the molecule is CC(=Nn1c(-c2cccs2)csc1=Nc1ccc(F)cc1)c1cccs1. The van der Waals surface area contributed by atoms with Crippen molar-refractivity contribution in [3.05, 3.63) is 80.2 Å². The second kappa shape index (κ2) is 7.49. The molecule has 4 aromatic rings. The molecule has 0 aliphatic heterocycles. The van der Waals surface area contributed by atoms with Crippen molar-refractivity contribution < 1.29 is 4.39 Å². The number of hydrogen-bond donors (Lipinski definition) is 0. The Morgan fingerprint density at radius 2 is 1.73 bits per heavy atom. The standard InChI is InChI=1S/C19H14FN3S3/c1-13(17-4-2-10-24-17)22-23-16(18-5-3-11-25-18)12-26-19(23)21-15-8-6-14(20)7-9-15/h2-12H,1H3. The number of aromatic nitrogens is 1. The van der Waals surface area contributed by atoms with E-state index in [0.717, 1.165) is 26.0 Å². The Morgan fingerprint density at radius 1 is 0.962 bits per heavy atom. The van der Waals surface area contributed by atoms with E-state index in [1.54, 1.807) is 34.8 Å². The van der Waals surface area contributed by atoms with E-state index in [0.29, 0.717) is 5.69 Å². The highest BCUT2D eigenvalue weighted by atomic mass is 32.1. The summed E-state index contributed by atoms with van der Waals surface area (Å²) in [5, 5.41) is 11.0. The van der Waals surface area contributed by atoms with Gasteiger partial charge in [0.15, 0.2) is 0 Å². The van der Waals surface area contributed by atoms with Gasteiger partial charge in [-0.3, -0.25) is 0 Å². The molecule has 0 N–H and O–H groups in total. The van der Waals surface area contributed by atoms with Crippen molar-refractivity contribution in [1.82, 2.24) is 4.68 Å². The van der Waals surface area contributed by atoms with E-state index in [1.807, 2.05) is 34.5 Å². The quantitative estimate of drug-likeness (QED) is 0.378. The number of hydrogen-bond acceptors (Lipinski definition) is 5. The van der Waals surface area contributed by atoms with Gasteiger partial charge in [-0.05, 0) is 54.1 Å². The van der Waals surface area contributed by atoms with Gasteiger partial charge in [0, 0.05) is 5.38 Å². The molecule has 3 aromatic heterocycles. The molecule has 4 rings (SSSR count). The molecule has 0 saturated carbocycles. The van der Waals surface area contributed by atoms with Crippen molar-refractivity contribution in [3.63, 3.8) is 0 Å². The van der Waals surface area contributed by atoms with Gasteiger partial charge in [-0.2, -0.15) is 5.10 Å². The molecular formula is C19H14FN3S3. The fraction of sp³-hybridized carbons (Fsp3) is 0.0526. The van der Waals surface area contributed by atoms with Crippen LogP contribution in [0.2, 0.25) is 0 Å². The maximum Gasteiger partial charge on any atom is 0.211 e. The number of halogens is 1. The lowest BCUT2D eigenvalue weighted by Crippen LogP contribution is -2.13. The molecule has 3 nitrogen and oxygen atoms in total. The predicted molar refractivity (Wildman–Crippen MR) is 109 cm³/mol. The number of nitrogens with zero attached hydrogens (tertiary/aromatic N) is 3. The van der Waals surface area contributed by atoms with Gasteiger partial charge < -0.3 is 0 Å². The van der Waals surface area contributed by atoms with Crippen molar-refractivity contribution in [2.24, 2.45) is 10.1 Å². The van der Waals surface area contributed by atoms with Crippen molar-refractivity contribution in [3.8, 4) is 10.6 Å². The number of benzene rings is 1. The average molecular weight is 400 g/mol. The zero-order valence-electron chi connectivity index (χ0n) is 13.8. The minimum absolute atomic E-state index is 0.270. The Morgan fingerprint density at radius 3 is 2.42 bits per heavy atom. The van der Waals surface area contributed by atoms with Crippen LogP contribution in [0.15, 0.2) is 74.8 Å². The molecule has 0 spiro atoms. The molecule has 0 radical (unpaired) electrons. The topological polar surface area (TPSA) is 29.6 Å². The molecule has 0 unspecified atom stereocenters. The van der Waals surface area contributed by atoms with E-state index < -0.39 is 0 Å². The van der Waals surface area contributed by atoms with Crippen molar-refractivity contribution in [2.75, 3.05) is 0 Å². The number of thiophene rings is 2. The average Bonchev–Trinajstić information content (AvgIpc) is 3.38. The van der Waals surface area contributed by atoms with Crippen LogP contribution >= 0.6 is 34.0 Å². The summed E-state index contributed by atoms with van der Waals surface area (Å²) >= 11 is 4.84. The minimum atomic E-state index is -0.270. The van der Waals surface area contributed by atoms with Gasteiger partial charge in [0.2, 0.25) is 4.80 Å². The summed E-state index contributed by atoms with van der Waals surface area (Å²) in [5.41, 5.74) is 2.63. The van der Waals surface area contributed by atoms with E-state index >= 15 is 0 Å². The molecule has 0 aliphatic carbocycles. The minimum Gasteiger partial charge on any atom is -0.220 e. The smallest absolute Gasteiger partial charge is 0.211 e. The van der Waals surface area contributed by atoms with Gasteiger partial charge in [0.1, 0.15) is 5.82 Å². The fourth-order valence-electron chi connectivity index (χ4n) is 2.38. The Bertz CT molecular complexity index is 1090. The van der Waals surface area contributed by atoms with Gasteiger partial charge in [0.05, 0.1) is 26.8 Å². The van der Waals surface area contributed by atoms with E-state index in [2.05, 4.69) is 22.5 Å². The predicted octanol–water partition coefficient (Wildman–Crippen LogP) is 5.98. The summed E-state index contributed by atoms with van der Waals surface area (Å²) in [6, 6.07) is 14.3. The first kappa shape index (κ1) is 17.1. The van der Waals surface area contributed by atoms with Gasteiger partial charge >= 0.3 is 0 Å². The van der Waals surface area contributed by atoms with E-state index in [9.17, 15) is 4.39 Å². The van der Waals surface area contributed by atoms with Gasteiger partial charge in [-0.15, -0.1) is 34.0 Å². The van der Waals surface area contributed by atoms with E-state index in [4.69, 9.17) is 5.10 Å². The first-order chi connectivity index (χ1) is 12.7. The molecule has 0 bridgehead atoms. The monoisotopic (exact) mass is 399 g/mol. The molecular weight excluding hydrogens is 385 g/mol. The largest absolute Gasteiger partial charge is 0.220 e. The highest BCUT2D eigenvalue weighted by Gasteiger charge is 2.10. The lowest BCUT2D eigenvalue weighted by Gasteiger charge is -2.03. The summed E-state index contributed by atoms with van der Waals surface area (Å²) in [6.07, 6.45) is 0. The van der Waals surface area contributed by atoms with Crippen LogP contribution in [0, 0.1) is 5.82 Å². The van der Waals surface area contributed by atoms with Crippen LogP contribution in [-0.4, -0.2) is 10.4 Å². The summed E-state index contributed by atoms with van der Waals surface area (Å²) in [7, 11) is 0. The number of thiazole rings is 1. The molecule has 0 aliphatic rings. The summed E-state index contributed by atoms with van der Waals surface area (Å²) in [4.78, 5) is 7.66. The molecule has 7 heteroatoms. The molecule has 0 atom stereocenters. The highest BCUT2D eigenvalue weighted by molar-refractivity contribution is 7.14. The summed E-state index contributed by atoms with van der Waals surface area (Å²) < 4.78 is 15.0. The van der Waals surface area contributed by atoms with Crippen molar-refractivity contribution in [2.45, 2.75) is 6.92 Å². The Kier molecular flexibility index (Phi) is 4.92. The third-order valence-corrected chi connectivity index (χ3v) is 6.33. The molecule has 0 amide bonds. The first-order valence-electron chi connectivity index (χ1n) is 7.85. The fourth-order valence-corrected chi connectivity index (χ4v) is 4.69. The number of rotatable bonds is 4. The van der Waals surface area contributed by atoms with Crippen LogP contribution in [0.1, 0.15) is 11.8 Å². The molecule has 3 heterocycles. The zero-order chi connectivity index (χ0) is 17.9. The highest BCUT2D eigenvalue weighted by Crippen LogP contribution is 2.26. The van der Waals surface area contributed by atoms with Gasteiger partial charge in [0.25, 0.3) is 0 Å². The van der Waals surface area contributed by atoms with Crippen LogP contribution in [0.4, 0.5) is 10.1 Å². The van der Waals surface area contributed by atoms with Gasteiger partial charge in [-0.25, -0.2) is 14.1 Å². The molecule has 130 valence electrons. The second-order valence-electron chi connectivity index (χ2n) is 5.44. The lowest BCUT2D eigenvalue weighted by atomic mass is 10.3. The maximum atomic E-state index is 13.2. The van der Waals surface area contributed by atoms with Crippen LogP contribution in [0.5, 0.6) is 0 Å². The second-order valence-corrected chi connectivity index (χ2v) is 8.18. The van der Waals surface area contributed by atoms with Crippen LogP contribution in [-0.2, 0) is 0 Å². The molecule has 0 saturated heterocycles. The maximum absolute atomic E-state index is 13.2. The third kappa shape index (κ3) is 3.60. The Balaban J connectivity index is 1.87. The van der Waals surface area contributed by atoms with Crippen molar-refractivity contribution in [1.29, 1.82) is 0 Å². The first-order valence-corrected chi connectivity index (χ1v) is 10.5. The lowest BCUT2D eigenvalue weighted by molar-refractivity contribution is 0.628. The van der Waals surface area contributed by atoms with Crippen LogP contribution in [0.3, 0.4) is 0 Å². The molecule has 0 fully saturated rings. The molecule has 26 heavy (non-hydrogen) atoms. The molecule has 1 aromatic carbocycles. The Hall–Kier alpha value is -2.35. The van der Waals surface area contributed by atoms with Crippen LogP contribution in [0.25, 0.3) is 10.6 Å². The summed E-state index contributed by atoms with van der Waals surface area (Å²) in [6.45, 7) is 2.00. The van der Waals surface area contributed by atoms with Gasteiger partial charge in [-0.1, -0.05) is 12.1 Å². The van der Waals surface area contributed by atoms with Crippen LogP contribution < -0.4 is 4.80 Å². The normalized spacial score (nSPS) is 12.7. The summed E-state index contributed by atoms with van der Waals surface area (Å²) in [5.74, 6) is -0.270. The zero-order valence-corrected chi connectivity index (χ0v) is 16.2. The third-order valence-electron chi connectivity index (χ3n) is 3.64. The van der Waals surface area contributed by atoms with E-state index in [1.165, 1.54) is 23.5 Å². The van der Waals surface area contributed by atoms with E-state index in [-0.39, 0.29) is 5.82 Å². The van der Waals surface area contributed by atoms with Crippen molar-refractivity contribution >= 4 is 45.4 Å².